The first-order valence-corrected chi connectivity index (χ1v) is 19.6. The molecular weight excluding hydrogens is 910 g/mol. The topological polar surface area (TPSA) is 193 Å². The highest BCUT2D eigenvalue weighted by molar-refractivity contribution is 9.10. The number of esters is 2. The summed E-state index contributed by atoms with van der Waals surface area (Å²) in [5, 5.41) is 8.61. The van der Waals surface area contributed by atoms with E-state index in [0.29, 0.717) is 33.6 Å². The molecule has 0 aliphatic rings. The summed E-state index contributed by atoms with van der Waals surface area (Å²) >= 11 is 3.19. The predicted octanol–water partition coefficient (Wildman–Crippen LogP) is 7.93. The molecule has 0 saturated carbocycles. The molecule has 0 saturated heterocycles. The Balaban J connectivity index is 0.000000409. The van der Waals surface area contributed by atoms with Crippen LogP contribution in [-0.4, -0.2) is 84.3 Å². The molecule has 0 spiro atoms. The zero-order valence-corrected chi connectivity index (χ0v) is 35.4. The Morgan fingerprint density at radius 2 is 1.07 bits per heavy atom. The number of aryl methyl sites for hydroxylation is 4. The predicted molar refractivity (Wildman–Crippen MR) is 205 cm³/mol. The number of aromatic carboxylic acids is 1. The molecule has 0 bridgehead atoms. The molecule has 1 heterocycles. The van der Waals surface area contributed by atoms with Gasteiger partial charge in [0.25, 0.3) is 0 Å². The van der Waals surface area contributed by atoms with Gasteiger partial charge in [0, 0.05) is 6.20 Å². The molecule has 0 unspecified atom stereocenters. The molecular formula is C36H37BrF6N2O12S2. The normalized spacial score (nSPS) is 11.2. The average molecular weight is 948 g/mol. The molecule has 1 aromatic heterocycles. The van der Waals surface area contributed by atoms with Gasteiger partial charge in [0.2, 0.25) is 0 Å². The highest BCUT2D eigenvalue weighted by atomic mass is 79.9. The van der Waals surface area contributed by atoms with Crippen LogP contribution in [0.4, 0.5) is 32.2 Å². The number of ether oxygens (including phenoxy) is 4. The summed E-state index contributed by atoms with van der Waals surface area (Å²) in [6.45, 7) is 7.21. The van der Waals surface area contributed by atoms with Crippen LogP contribution in [-0.2, 0) is 29.5 Å². The van der Waals surface area contributed by atoms with Crippen LogP contribution in [0, 0.1) is 27.7 Å². The fourth-order valence-electron chi connectivity index (χ4n) is 4.04. The van der Waals surface area contributed by atoms with Gasteiger partial charge in [-0.3, -0.25) is 0 Å². The van der Waals surface area contributed by atoms with E-state index in [-0.39, 0.29) is 23.1 Å². The Morgan fingerprint density at radius 1 is 0.627 bits per heavy atom. The molecule has 14 nitrogen and oxygen atoms in total. The highest BCUT2D eigenvalue weighted by Crippen LogP contribution is 2.38. The Labute approximate surface area is 343 Å². The molecule has 4 aromatic rings. The van der Waals surface area contributed by atoms with Crippen molar-refractivity contribution >= 4 is 59.7 Å². The quantitative estimate of drug-likeness (QED) is 0.132. The van der Waals surface area contributed by atoms with Gasteiger partial charge in [-0.2, -0.15) is 43.2 Å². The molecule has 0 amide bonds. The Hall–Kier alpha value is -5.42. The van der Waals surface area contributed by atoms with Crippen LogP contribution >= 0.6 is 15.9 Å². The van der Waals surface area contributed by atoms with E-state index in [0.717, 1.165) is 22.9 Å². The minimum absolute atomic E-state index is 0.239. The van der Waals surface area contributed by atoms with Crippen molar-refractivity contribution in [2.24, 2.45) is 0 Å². The molecule has 0 atom stereocenters. The van der Waals surface area contributed by atoms with Crippen molar-refractivity contribution in [2.45, 2.75) is 38.7 Å². The molecule has 4 rings (SSSR count). The number of alkyl halides is 6. The smallest absolute Gasteiger partial charge is 0.496 e. The molecule has 23 heteroatoms. The van der Waals surface area contributed by atoms with Crippen LogP contribution in [0.3, 0.4) is 0 Å². The van der Waals surface area contributed by atoms with Gasteiger partial charge in [-0.05, 0) is 120 Å². The van der Waals surface area contributed by atoms with Crippen molar-refractivity contribution < 1.29 is 81.6 Å². The summed E-state index contributed by atoms with van der Waals surface area (Å²) in [5.41, 5.74) is -7.71. The molecule has 59 heavy (non-hydrogen) atoms. The number of hydrogen-bond acceptors (Lipinski definition) is 12. The lowest BCUT2D eigenvalue weighted by Crippen LogP contribution is -2.49. The van der Waals surface area contributed by atoms with Gasteiger partial charge >= 0.3 is 49.0 Å². The maximum absolute atomic E-state index is 12.5. The summed E-state index contributed by atoms with van der Waals surface area (Å²) < 4.78 is 138. The standard InChI is InChI=1S/C10H12O3.C10H12O2.C8H7BrO3.C8H6F6N2O4S2/c1-7-6-8(10(11)13-3)4-5-9(7)12-2;1-7-4-5-9(6-8(7)2)10(11)12-3;1-12-7-3-2-5(8(10)11)4-6(7)9;1-5-2-3-6(15-4-5)16(21(17,18)7(9,10)11)22(19,20)8(12,13)14/h4-6H,1-3H3;4-6H,1-3H3;2-4H,1H3,(H,10,11);2-4H,1H3. The van der Waals surface area contributed by atoms with Gasteiger partial charge in [0.15, 0.2) is 5.82 Å². The summed E-state index contributed by atoms with van der Waals surface area (Å²) in [6.07, 6.45) is 0.708. The number of benzene rings is 3. The van der Waals surface area contributed by atoms with Crippen LogP contribution in [0.1, 0.15) is 53.3 Å². The number of methoxy groups -OCH3 is 4. The van der Waals surface area contributed by atoms with E-state index in [1.807, 2.05) is 32.9 Å². The fourth-order valence-corrected chi connectivity index (χ4v) is 7.21. The summed E-state index contributed by atoms with van der Waals surface area (Å²) in [7, 11) is -7.89. The monoisotopic (exact) mass is 946 g/mol. The first-order valence-electron chi connectivity index (χ1n) is 15.9. The van der Waals surface area contributed by atoms with Crippen molar-refractivity contribution in [2.75, 3.05) is 32.1 Å². The Bertz CT molecular complexity index is 2280. The van der Waals surface area contributed by atoms with Crippen molar-refractivity contribution in [1.82, 2.24) is 4.98 Å². The number of carbonyl (C=O) groups excluding carboxylic acids is 2. The van der Waals surface area contributed by atoms with Crippen LogP contribution in [0.2, 0.25) is 0 Å². The second-order valence-corrected chi connectivity index (χ2v) is 16.1. The first-order chi connectivity index (χ1) is 27.1. The van der Waals surface area contributed by atoms with E-state index in [2.05, 4.69) is 30.4 Å². The number of pyridine rings is 1. The number of nitrogens with zero attached hydrogens (tertiary/aromatic N) is 2. The molecule has 0 fully saturated rings. The van der Waals surface area contributed by atoms with Gasteiger partial charge in [-0.1, -0.05) is 12.1 Å². The molecule has 3 aromatic carbocycles. The van der Waals surface area contributed by atoms with Crippen LogP contribution in [0.25, 0.3) is 0 Å². The lowest BCUT2D eigenvalue weighted by Gasteiger charge is -2.24. The SMILES string of the molecule is COC(=O)c1ccc(C)c(C)c1.COC(=O)c1ccc(OC)c(C)c1.COc1ccc(C(=O)O)cc1Br.Cc1ccc(N(S(=O)(=O)C(F)(F)F)S(=O)(=O)C(F)(F)F)nc1. The van der Waals surface area contributed by atoms with Crippen LogP contribution in [0.5, 0.6) is 11.5 Å². The minimum Gasteiger partial charge on any atom is -0.496 e. The average Bonchev–Trinajstić information content (AvgIpc) is 3.15. The molecule has 0 radical (unpaired) electrons. The van der Waals surface area contributed by atoms with Crippen molar-refractivity contribution in [3.8, 4) is 11.5 Å². The third kappa shape index (κ3) is 14.1. The van der Waals surface area contributed by atoms with E-state index in [9.17, 15) is 57.6 Å². The van der Waals surface area contributed by atoms with E-state index < -0.39 is 46.6 Å². The number of sulfonamides is 2. The molecule has 0 aliphatic carbocycles. The van der Waals surface area contributed by atoms with Gasteiger partial charge in [0.1, 0.15) is 11.5 Å². The van der Waals surface area contributed by atoms with Crippen LogP contribution < -0.4 is 13.2 Å². The van der Waals surface area contributed by atoms with Crippen LogP contribution in [0.15, 0.2) is 77.4 Å². The number of halogens is 7. The maximum atomic E-state index is 12.5. The number of carbonyl (C=O) groups is 3. The fraction of sp³-hybridized carbons (Fsp3) is 0.278. The second kappa shape index (κ2) is 21.5. The van der Waals surface area contributed by atoms with E-state index in [1.165, 1.54) is 45.9 Å². The van der Waals surface area contributed by atoms with Crippen molar-refractivity contribution in [1.29, 1.82) is 0 Å². The minimum atomic E-state index is -6.88. The third-order valence-corrected chi connectivity index (χ3v) is 11.5. The molecule has 1 N–H and O–H groups in total. The number of hydrogen-bond donors (Lipinski definition) is 1. The lowest BCUT2D eigenvalue weighted by molar-refractivity contribution is -0.0463. The Morgan fingerprint density at radius 3 is 1.42 bits per heavy atom. The first kappa shape index (κ1) is 51.6. The zero-order chi connectivity index (χ0) is 45.7. The number of carboxylic acids is 1. The van der Waals surface area contributed by atoms with Gasteiger partial charge < -0.3 is 24.1 Å². The molecule has 0 aliphatic heterocycles. The number of carboxylic acid groups (broad SMARTS) is 1. The Kier molecular flexibility index (Phi) is 18.8. The van der Waals surface area contributed by atoms with Crippen molar-refractivity contribution in [3.63, 3.8) is 0 Å². The van der Waals surface area contributed by atoms with E-state index in [4.69, 9.17) is 14.6 Å². The maximum Gasteiger partial charge on any atom is 0.517 e. The van der Waals surface area contributed by atoms with E-state index in [1.54, 1.807) is 37.4 Å². The van der Waals surface area contributed by atoms with Gasteiger partial charge in [-0.25, -0.2) is 19.4 Å². The number of rotatable bonds is 8. The third-order valence-electron chi connectivity index (χ3n) is 7.25. The summed E-state index contributed by atoms with van der Waals surface area (Å²) in [6, 6.07) is 16.6. The largest absolute Gasteiger partial charge is 0.517 e. The molecule has 324 valence electrons. The number of anilines is 1. The van der Waals surface area contributed by atoms with Gasteiger partial charge in [-0.15, -0.1) is 3.71 Å². The van der Waals surface area contributed by atoms with Gasteiger partial charge in [0.05, 0.1) is 49.6 Å². The van der Waals surface area contributed by atoms with E-state index >= 15 is 0 Å². The van der Waals surface area contributed by atoms with Crippen molar-refractivity contribution in [3.05, 3.63) is 116 Å². The summed E-state index contributed by atoms with van der Waals surface area (Å²) in [4.78, 5) is 35.7. The highest BCUT2D eigenvalue weighted by Gasteiger charge is 2.62. The lowest BCUT2D eigenvalue weighted by atomic mass is 10.1. The summed E-state index contributed by atoms with van der Waals surface area (Å²) in [5.74, 6) is -1.71. The second-order valence-electron chi connectivity index (χ2n) is 11.4. The number of aromatic nitrogens is 1. The zero-order valence-electron chi connectivity index (χ0n) is 32.2.